The molecule has 0 spiro atoms. The Morgan fingerprint density at radius 1 is 1.56 bits per heavy atom. The van der Waals surface area contributed by atoms with Crippen molar-refractivity contribution in [3.8, 4) is 0 Å². The molecular weight excluding hydrogens is 220 g/mol. The Labute approximate surface area is 98.7 Å². The molecule has 2 aromatic heterocycles. The van der Waals surface area contributed by atoms with Crippen molar-refractivity contribution in [2.24, 2.45) is 7.05 Å². The van der Waals surface area contributed by atoms with Crippen molar-refractivity contribution in [3.05, 3.63) is 39.3 Å². The second kappa shape index (κ2) is 4.22. The highest BCUT2D eigenvalue weighted by molar-refractivity contribution is 7.12. The zero-order valence-corrected chi connectivity index (χ0v) is 10.5. The highest BCUT2D eigenvalue weighted by atomic mass is 32.1. The average Bonchev–Trinajstić information content (AvgIpc) is 2.83. The molecule has 0 aliphatic heterocycles. The molecule has 0 amide bonds. The van der Waals surface area contributed by atoms with Crippen molar-refractivity contribution >= 4 is 17.1 Å². The number of hydrogen-bond donors (Lipinski definition) is 0. The summed E-state index contributed by atoms with van der Waals surface area (Å²) in [4.78, 5) is 13.0. The van der Waals surface area contributed by atoms with E-state index in [0.29, 0.717) is 5.69 Å². The number of carbonyl (C=O) groups is 1. The molecule has 0 saturated carbocycles. The van der Waals surface area contributed by atoms with E-state index in [-0.39, 0.29) is 5.78 Å². The van der Waals surface area contributed by atoms with Crippen molar-refractivity contribution in [2.45, 2.75) is 20.3 Å². The molecule has 2 rings (SSSR count). The normalized spacial score (nSPS) is 10.7. The Morgan fingerprint density at radius 3 is 2.81 bits per heavy atom. The standard InChI is InChI=1S/C12H14N2OS/c1-4-9-7-10(14(3)13-9)11(15)12-8(2)5-6-16-12/h5-7H,4H2,1-3H3. The highest BCUT2D eigenvalue weighted by Crippen LogP contribution is 2.20. The van der Waals surface area contributed by atoms with Gasteiger partial charge in [0.2, 0.25) is 5.78 Å². The van der Waals surface area contributed by atoms with Crippen LogP contribution >= 0.6 is 11.3 Å². The molecule has 16 heavy (non-hydrogen) atoms. The number of thiophene rings is 1. The number of hydrogen-bond acceptors (Lipinski definition) is 3. The Balaban J connectivity index is 2.41. The maximum atomic E-state index is 12.2. The van der Waals surface area contributed by atoms with Gasteiger partial charge in [-0.2, -0.15) is 5.10 Å². The number of aryl methyl sites for hydroxylation is 3. The van der Waals surface area contributed by atoms with Gasteiger partial charge in [-0.3, -0.25) is 9.48 Å². The van der Waals surface area contributed by atoms with Crippen molar-refractivity contribution < 1.29 is 4.79 Å². The van der Waals surface area contributed by atoms with Crippen LogP contribution in [0.4, 0.5) is 0 Å². The Bertz CT molecular complexity index is 525. The number of carbonyl (C=O) groups excluding carboxylic acids is 1. The quantitative estimate of drug-likeness (QED) is 0.765. The fraction of sp³-hybridized carbons (Fsp3) is 0.333. The van der Waals surface area contributed by atoms with Gasteiger partial charge in [0.05, 0.1) is 10.6 Å². The highest BCUT2D eigenvalue weighted by Gasteiger charge is 2.17. The van der Waals surface area contributed by atoms with Crippen molar-refractivity contribution in [1.29, 1.82) is 0 Å². The largest absolute Gasteiger partial charge is 0.286 e. The Hall–Kier alpha value is -1.42. The van der Waals surface area contributed by atoms with Gasteiger partial charge in [-0.25, -0.2) is 0 Å². The third-order valence-electron chi connectivity index (χ3n) is 2.59. The predicted octanol–water partition coefficient (Wildman–Crippen LogP) is 2.58. The zero-order valence-electron chi connectivity index (χ0n) is 9.65. The van der Waals surface area contributed by atoms with Gasteiger partial charge < -0.3 is 0 Å². The second-order valence-corrected chi connectivity index (χ2v) is 4.68. The van der Waals surface area contributed by atoms with Crippen LogP contribution in [0.1, 0.15) is 33.5 Å². The van der Waals surface area contributed by atoms with E-state index in [1.54, 1.807) is 4.68 Å². The van der Waals surface area contributed by atoms with Crippen molar-refractivity contribution in [3.63, 3.8) is 0 Å². The lowest BCUT2D eigenvalue weighted by molar-refractivity contribution is 0.103. The molecule has 2 aromatic rings. The molecule has 2 heterocycles. The summed E-state index contributed by atoms with van der Waals surface area (Å²) < 4.78 is 1.67. The van der Waals surface area contributed by atoms with Crippen LogP contribution in [0.15, 0.2) is 17.5 Å². The van der Waals surface area contributed by atoms with Crippen LogP contribution in [0, 0.1) is 6.92 Å². The molecular formula is C12H14N2OS. The van der Waals surface area contributed by atoms with E-state index < -0.39 is 0 Å². The minimum Gasteiger partial charge on any atom is -0.286 e. The number of ketones is 1. The smallest absolute Gasteiger partial charge is 0.221 e. The Kier molecular flexibility index (Phi) is 2.92. The fourth-order valence-electron chi connectivity index (χ4n) is 1.63. The van der Waals surface area contributed by atoms with Gasteiger partial charge in [0.25, 0.3) is 0 Å². The molecule has 0 N–H and O–H groups in total. The molecule has 0 atom stereocenters. The predicted molar refractivity (Wildman–Crippen MR) is 65.1 cm³/mol. The van der Waals surface area contributed by atoms with Gasteiger partial charge in [-0.15, -0.1) is 11.3 Å². The molecule has 0 unspecified atom stereocenters. The number of nitrogens with zero attached hydrogens (tertiary/aromatic N) is 2. The molecule has 4 heteroatoms. The average molecular weight is 234 g/mol. The maximum Gasteiger partial charge on any atom is 0.221 e. The SMILES string of the molecule is CCc1cc(C(=O)c2sccc2C)n(C)n1. The van der Waals surface area contributed by atoms with Gasteiger partial charge in [-0.05, 0) is 36.4 Å². The van der Waals surface area contributed by atoms with Crippen LogP contribution in [0.3, 0.4) is 0 Å². The topological polar surface area (TPSA) is 34.9 Å². The first kappa shape index (κ1) is 11.1. The summed E-state index contributed by atoms with van der Waals surface area (Å²) >= 11 is 1.49. The summed E-state index contributed by atoms with van der Waals surface area (Å²) in [5, 5.41) is 6.23. The van der Waals surface area contributed by atoms with E-state index in [1.165, 1.54) is 11.3 Å². The molecule has 0 radical (unpaired) electrons. The van der Waals surface area contributed by atoms with Gasteiger partial charge in [-0.1, -0.05) is 6.92 Å². The molecule has 0 saturated heterocycles. The number of aromatic nitrogens is 2. The zero-order chi connectivity index (χ0) is 11.7. The van der Waals surface area contributed by atoms with Gasteiger partial charge in [0.15, 0.2) is 0 Å². The van der Waals surface area contributed by atoms with Crippen molar-refractivity contribution in [1.82, 2.24) is 9.78 Å². The van der Waals surface area contributed by atoms with E-state index >= 15 is 0 Å². The van der Waals surface area contributed by atoms with E-state index in [0.717, 1.165) is 22.6 Å². The fourth-order valence-corrected chi connectivity index (χ4v) is 2.51. The van der Waals surface area contributed by atoms with Crippen LogP contribution in [0.5, 0.6) is 0 Å². The lowest BCUT2D eigenvalue weighted by Gasteiger charge is -1.99. The van der Waals surface area contributed by atoms with Crippen LogP contribution in [-0.2, 0) is 13.5 Å². The van der Waals surface area contributed by atoms with E-state index in [1.807, 2.05) is 38.4 Å². The Morgan fingerprint density at radius 2 is 2.31 bits per heavy atom. The van der Waals surface area contributed by atoms with Crippen LogP contribution in [0.25, 0.3) is 0 Å². The maximum absolute atomic E-state index is 12.2. The lowest BCUT2D eigenvalue weighted by Crippen LogP contribution is -2.07. The van der Waals surface area contributed by atoms with Crippen LogP contribution in [-0.4, -0.2) is 15.6 Å². The van der Waals surface area contributed by atoms with Gasteiger partial charge >= 0.3 is 0 Å². The molecule has 0 fully saturated rings. The first-order chi connectivity index (χ1) is 7.63. The summed E-state index contributed by atoms with van der Waals surface area (Å²) in [6.07, 6.45) is 0.852. The molecule has 0 aliphatic carbocycles. The summed E-state index contributed by atoms with van der Waals surface area (Å²) in [6.45, 7) is 3.99. The van der Waals surface area contributed by atoms with Crippen molar-refractivity contribution in [2.75, 3.05) is 0 Å². The molecule has 3 nitrogen and oxygen atoms in total. The minimum atomic E-state index is 0.0715. The van der Waals surface area contributed by atoms with E-state index in [9.17, 15) is 4.79 Å². The van der Waals surface area contributed by atoms with Crippen LogP contribution < -0.4 is 0 Å². The lowest BCUT2D eigenvalue weighted by atomic mass is 10.1. The first-order valence-electron chi connectivity index (χ1n) is 5.25. The first-order valence-corrected chi connectivity index (χ1v) is 6.13. The molecule has 0 aromatic carbocycles. The third-order valence-corrected chi connectivity index (χ3v) is 3.61. The van der Waals surface area contributed by atoms with Gasteiger partial charge in [0.1, 0.15) is 5.69 Å². The minimum absolute atomic E-state index is 0.0715. The van der Waals surface area contributed by atoms with Gasteiger partial charge in [0, 0.05) is 7.05 Å². The summed E-state index contributed by atoms with van der Waals surface area (Å²) in [5.41, 5.74) is 2.66. The van der Waals surface area contributed by atoms with E-state index in [4.69, 9.17) is 0 Å². The van der Waals surface area contributed by atoms with Crippen LogP contribution in [0.2, 0.25) is 0 Å². The monoisotopic (exact) mass is 234 g/mol. The molecule has 0 aliphatic rings. The molecule has 0 bridgehead atoms. The summed E-state index contributed by atoms with van der Waals surface area (Å²) in [6, 6.07) is 3.84. The van der Waals surface area contributed by atoms with E-state index in [2.05, 4.69) is 5.10 Å². The number of rotatable bonds is 3. The third kappa shape index (κ3) is 1.80. The molecule has 84 valence electrons. The summed E-state index contributed by atoms with van der Waals surface area (Å²) in [7, 11) is 1.81. The summed E-state index contributed by atoms with van der Waals surface area (Å²) in [5.74, 6) is 0.0715. The second-order valence-electron chi connectivity index (χ2n) is 3.76.